The largest absolute Gasteiger partial charge is 0.324 e. The second-order valence-corrected chi connectivity index (χ2v) is 4.94. The lowest BCUT2D eigenvalue weighted by atomic mass is 9.76. The first kappa shape index (κ1) is 10.6. The average molecular weight is 211 g/mol. The van der Waals surface area contributed by atoms with E-state index in [1.165, 1.54) is 12.1 Å². The van der Waals surface area contributed by atoms with Gasteiger partial charge in [0.25, 0.3) is 0 Å². The molecule has 0 atom stereocenters. The Kier molecular flexibility index (Phi) is 2.12. The van der Waals surface area contributed by atoms with E-state index in [1.54, 1.807) is 0 Å². The van der Waals surface area contributed by atoms with E-state index in [1.807, 2.05) is 13.8 Å². The first-order valence-corrected chi connectivity index (χ1v) is 5.11. The minimum Gasteiger partial charge on any atom is -0.324 e. The number of rotatable bonds is 2. The zero-order valence-corrected chi connectivity index (χ0v) is 8.98. The molecule has 2 rings (SSSR count). The Labute approximate surface area is 88.3 Å². The van der Waals surface area contributed by atoms with Crippen molar-refractivity contribution in [3.8, 4) is 0 Å². The molecule has 1 saturated carbocycles. The number of benzene rings is 1. The molecule has 82 valence electrons. The highest BCUT2D eigenvalue weighted by molar-refractivity contribution is 5.33. The Balaban J connectivity index is 2.44. The summed E-state index contributed by atoms with van der Waals surface area (Å²) in [5.41, 5.74) is 6.07. The van der Waals surface area contributed by atoms with Crippen molar-refractivity contribution >= 4 is 0 Å². The molecule has 1 fully saturated rings. The summed E-state index contributed by atoms with van der Waals surface area (Å²) < 4.78 is 26.2. The third kappa shape index (κ3) is 1.65. The Hall–Kier alpha value is -0.960. The van der Waals surface area contributed by atoms with E-state index < -0.39 is 11.6 Å². The number of hydrogen-bond acceptors (Lipinski definition) is 1. The van der Waals surface area contributed by atoms with Gasteiger partial charge in [-0.25, -0.2) is 8.78 Å². The second kappa shape index (κ2) is 3.01. The lowest BCUT2D eigenvalue weighted by Gasteiger charge is -2.32. The molecule has 0 heterocycles. The number of halogens is 2. The van der Waals surface area contributed by atoms with Gasteiger partial charge in [0.1, 0.15) is 11.6 Å². The minimum absolute atomic E-state index is 0.298. The van der Waals surface area contributed by atoms with Crippen LogP contribution in [0.25, 0.3) is 0 Å². The first-order chi connectivity index (χ1) is 6.85. The third-order valence-electron chi connectivity index (χ3n) is 3.62. The number of hydrogen-bond donors (Lipinski definition) is 1. The smallest absolute Gasteiger partial charge is 0.126 e. The van der Waals surface area contributed by atoms with Gasteiger partial charge in [-0.3, -0.25) is 0 Å². The molecule has 0 saturated heterocycles. The molecule has 15 heavy (non-hydrogen) atoms. The van der Waals surface area contributed by atoms with Crippen LogP contribution in [0.5, 0.6) is 0 Å². The highest BCUT2D eigenvalue weighted by Crippen LogP contribution is 2.49. The standard InChI is InChI=1S/C12H15F2N/c1-11(2,12(15)3-4-12)8-5-9(13)7-10(14)6-8/h5-7H,3-4,15H2,1-2H3. The summed E-state index contributed by atoms with van der Waals surface area (Å²) in [6.07, 6.45) is 1.83. The lowest BCUT2D eigenvalue weighted by Crippen LogP contribution is -2.43. The highest BCUT2D eigenvalue weighted by Gasteiger charge is 2.52. The van der Waals surface area contributed by atoms with Crippen LogP contribution in [0.1, 0.15) is 32.3 Å². The Morgan fingerprint density at radius 2 is 1.60 bits per heavy atom. The SMILES string of the molecule is CC(C)(c1cc(F)cc(F)c1)C1(N)CC1. The molecular weight excluding hydrogens is 196 g/mol. The van der Waals surface area contributed by atoms with Crippen LogP contribution in [-0.2, 0) is 5.41 Å². The molecule has 0 radical (unpaired) electrons. The van der Waals surface area contributed by atoms with Gasteiger partial charge in [-0.05, 0) is 30.5 Å². The molecule has 0 aromatic heterocycles. The van der Waals surface area contributed by atoms with E-state index in [4.69, 9.17) is 5.73 Å². The quantitative estimate of drug-likeness (QED) is 0.799. The molecule has 1 aromatic rings. The molecule has 0 bridgehead atoms. The van der Waals surface area contributed by atoms with E-state index in [0.717, 1.165) is 18.9 Å². The van der Waals surface area contributed by atoms with Crippen molar-refractivity contribution in [2.75, 3.05) is 0 Å². The molecule has 1 aliphatic rings. The van der Waals surface area contributed by atoms with Gasteiger partial charge < -0.3 is 5.73 Å². The van der Waals surface area contributed by atoms with Gasteiger partial charge in [0, 0.05) is 17.0 Å². The molecule has 0 unspecified atom stereocenters. The van der Waals surface area contributed by atoms with Gasteiger partial charge >= 0.3 is 0 Å². The normalized spacial score (nSPS) is 19.0. The van der Waals surface area contributed by atoms with E-state index in [2.05, 4.69) is 0 Å². The zero-order valence-electron chi connectivity index (χ0n) is 8.98. The van der Waals surface area contributed by atoms with Crippen molar-refractivity contribution in [2.45, 2.75) is 37.6 Å². The summed E-state index contributed by atoms with van der Waals surface area (Å²) in [4.78, 5) is 0. The molecule has 0 spiro atoms. The van der Waals surface area contributed by atoms with E-state index >= 15 is 0 Å². The Bertz CT molecular complexity index is 374. The van der Waals surface area contributed by atoms with E-state index in [-0.39, 0.29) is 11.0 Å². The fourth-order valence-corrected chi connectivity index (χ4v) is 1.96. The number of nitrogens with two attached hydrogens (primary N) is 1. The monoisotopic (exact) mass is 211 g/mol. The minimum atomic E-state index is -0.540. The van der Waals surface area contributed by atoms with Gasteiger partial charge in [0.05, 0.1) is 0 Å². The van der Waals surface area contributed by atoms with Crippen LogP contribution < -0.4 is 5.73 Å². The van der Waals surface area contributed by atoms with Gasteiger partial charge in [-0.1, -0.05) is 13.8 Å². The van der Waals surface area contributed by atoms with Crippen LogP contribution in [0.15, 0.2) is 18.2 Å². The zero-order chi connectivity index (χ0) is 11.3. The maximum atomic E-state index is 13.1. The van der Waals surface area contributed by atoms with Crippen LogP contribution in [0, 0.1) is 11.6 Å². The summed E-state index contributed by atoms with van der Waals surface area (Å²) in [6.45, 7) is 3.88. The van der Waals surface area contributed by atoms with Crippen LogP contribution >= 0.6 is 0 Å². The van der Waals surface area contributed by atoms with Crippen molar-refractivity contribution in [3.05, 3.63) is 35.4 Å². The Morgan fingerprint density at radius 3 is 2.00 bits per heavy atom. The van der Waals surface area contributed by atoms with E-state index in [0.29, 0.717) is 5.56 Å². The van der Waals surface area contributed by atoms with E-state index in [9.17, 15) is 8.78 Å². The molecule has 2 N–H and O–H groups in total. The van der Waals surface area contributed by atoms with Gasteiger partial charge in [0.2, 0.25) is 0 Å². The van der Waals surface area contributed by atoms with Crippen molar-refractivity contribution in [1.29, 1.82) is 0 Å². The van der Waals surface area contributed by atoms with Crippen LogP contribution in [0.2, 0.25) is 0 Å². The summed E-state index contributed by atoms with van der Waals surface area (Å²) >= 11 is 0. The third-order valence-corrected chi connectivity index (χ3v) is 3.62. The summed E-state index contributed by atoms with van der Waals surface area (Å²) in [5, 5.41) is 0. The molecule has 0 aliphatic heterocycles. The Morgan fingerprint density at radius 1 is 1.13 bits per heavy atom. The summed E-state index contributed by atoms with van der Waals surface area (Å²) in [7, 11) is 0. The van der Waals surface area contributed by atoms with Crippen molar-refractivity contribution in [3.63, 3.8) is 0 Å². The second-order valence-electron chi connectivity index (χ2n) is 4.94. The molecule has 0 amide bonds. The average Bonchev–Trinajstić information content (AvgIpc) is 2.83. The summed E-state index contributed by atoms with van der Waals surface area (Å²) in [6, 6.07) is 3.63. The molecule has 1 aliphatic carbocycles. The van der Waals surface area contributed by atoms with Gasteiger partial charge in [-0.15, -0.1) is 0 Å². The van der Waals surface area contributed by atoms with Crippen LogP contribution in [-0.4, -0.2) is 5.54 Å². The highest BCUT2D eigenvalue weighted by atomic mass is 19.1. The van der Waals surface area contributed by atoms with Gasteiger partial charge in [0.15, 0.2) is 0 Å². The molecular formula is C12H15F2N. The van der Waals surface area contributed by atoms with Crippen LogP contribution in [0.3, 0.4) is 0 Å². The van der Waals surface area contributed by atoms with Gasteiger partial charge in [-0.2, -0.15) is 0 Å². The first-order valence-electron chi connectivity index (χ1n) is 5.11. The van der Waals surface area contributed by atoms with Crippen molar-refractivity contribution < 1.29 is 8.78 Å². The maximum absolute atomic E-state index is 13.1. The van der Waals surface area contributed by atoms with Crippen molar-refractivity contribution in [1.82, 2.24) is 0 Å². The predicted molar refractivity (Wildman–Crippen MR) is 55.5 cm³/mol. The molecule has 3 heteroatoms. The maximum Gasteiger partial charge on any atom is 0.126 e. The van der Waals surface area contributed by atoms with Crippen LogP contribution in [0.4, 0.5) is 8.78 Å². The van der Waals surface area contributed by atoms with Crippen molar-refractivity contribution in [2.24, 2.45) is 5.73 Å². The summed E-state index contributed by atoms with van der Waals surface area (Å²) in [5.74, 6) is -1.08. The fraction of sp³-hybridized carbons (Fsp3) is 0.500. The lowest BCUT2D eigenvalue weighted by molar-refractivity contribution is 0.387. The topological polar surface area (TPSA) is 26.0 Å². The molecule has 1 nitrogen and oxygen atoms in total. The predicted octanol–water partition coefficient (Wildman–Crippen LogP) is 2.73. The fourth-order valence-electron chi connectivity index (χ4n) is 1.96. The molecule has 1 aromatic carbocycles.